The Bertz CT molecular complexity index is 495. The van der Waals surface area contributed by atoms with Gasteiger partial charge in [-0.1, -0.05) is 5.92 Å². The van der Waals surface area contributed by atoms with Crippen LogP contribution in [0, 0.1) is 18.8 Å². The highest BCUT2D eigenvalue weighted by Gasteiger charge is 2.12. The van der Waals surface area contributed by atoms with Crippen molar-refractivity contribution in [2.45, 2.75) is 6.92 Å². The number of rotatable bonds is 1. The van der Waals surface area contributed by atoms with Crippen LogP contribution in [0.5, 0.6) is 0 Å². The van der Waals surface area contributed by atoms with Gasteiger partial charge in [0.25, 0.3) is 0 Å². The Balaban J connectivity index is 3.32. The largest absolute Gasteiger partial charge is 0.465 e. The van der Waals surface area contributed by atoms with Crippen molar-refractivity contribution in [1.29, 1.82) is 0 Å². The van der Waals surface area contributed by atoms with E-state index in [1.165, 1.54) is 7.11 Å². The molecule has 0 bridgehead atoms. The summed E-state index contributed by atoms with van der Waals surface area (Å²) < 4.78 is 4.62. The molecule has 16 heavy (non-hydrogen) atoms. The maximum absolute atomic E-state index is 11.4. The molecule has 0 fully saturated rings. The van der Waals surface area contributed by atoms with Crippen molar-refractivity contribution in [1.82, 2.24) is 0 Å². The number of nitrogen functional groups attached to an aromatic ring is 1. The van der Waals surface area contributed by atoms with E-state index in [9.17, 15) is 9.59 Å². The highest BCUT2D eigenvalue weighted by molar-refractivity contribution is 5.93. The second kappa shape index (κ2) is 4.99. The lowest BCUT2D eigenvalue weighted by molar-refractivity contribution is -0.103. The van der Waals surface area contributed by atoms with E-state index < -0.39 is 5.97 Å². The summed E-state index contributed by atoms with van der Waals surface area (Å²) in [6.07, 6.45) is 0.480. The molecule has 0 aromatic heterocycles. The molecule has 0 aliphatic heterocycles. The van der Waals surface area contributed by atoms with Gasteiger partial charge in [0.2, 0.25) is 0 Å². The van der Waals surface area contributed by atoms with Gasteiger partial charge in [-0.2, -0.15) is 0 Å². The van der Waals surface area contributed by atoms with Crippen molar-refractivity contribution in [3.63, 3.8) is 0 Å². The number of methoxy groups -OCH3 is 1. The lowest BCUT2D eigenvalue weighted by Crippen LogP contribution is -2.06. The molecule has 1 aromatic rings. The van der Waals surface area contributed by atoms with E-state index in [0.29, 0.717) is 28.7 Å². The first-order valence-electron chi connectivity index (χ1n) is 4.53. The summed E-state index contributed by atoms with van der Waals surface area (Å²) in [5.41, 5.74) is 7.68. The summed E-state index contributed by atoms with van der Waals surface area (Å²) in [4.78, 5) is 21.5. The molecule has 0 radical (unpaired) electrons. The SMILES string of the molecule is COC(=O)c1cc(C#CC=O)cc(N)c1C. The zero-order valence-corrected chi connectivity index (χ0v) is 9.03. The Kier molecular flexibility index (Phi) is 3.67. The van der Waals surface area contributed by atoms with Crippen LogP contribution in [0.4, 0.5) is 5.69 Å². The van der Waals surface area contributed by atoms with Crippen LogP contribution in [0.1, 0.15) is 21.5 Å². The number of carbonyl (C=O) groups is 2. The summed E-state index contributed by atoms with van der Waals surface area (Å²) in [5.74, 6) is 4.36. The van der Waals surface area contributed by atoms with Gasteiger partial charge in [-0.3, -0.25) is 4.79 Å². The van der Waals surface area contributed by atoms with Gasteiger partial charge in [-0.05, 0) is 30.5 Å². The van der Waals surface area contributed by atoms with E-state index in [4.69, 9.17) is 5.73 Å². The third-order valence-corrected chi connectivity index (χ3v) is 2.13. The summed E-state index contributed by atoms with van der Waals surface area (Å²) in [6.45, 7) is 1.72. The summed E-state index contributed by atoms with van der Waals surface area (Å²) in [7, 11) is 1.29. The standard InChI is InChI=1S/C12H11NO3/c1-8-10(12(15)16-2)6-9(4-3-5-14)7-11(8)13/h5-7H,13H2,1-2H3. The van der Waals surface area contributed by atoms with Crippen LogP contribution in [0.3, 0.4) is 0 Å². The first-order chi connectivity index (χ1) is 7.60. The summed E-state index contributed by atoms with van der Waals surface area (Å²) in [6, 6.07) is 3.16. The second-order valence-corrected chi connectivity index (χ2v) is 3.12. The van der Waals surface area contributed by atoms with Gasteiger partial charge < -0.3 is 10.5 Å². The average molecular weight is 217 g/mol. The number of carbonyl (C=O) groups excluding carboxylic acids is 2. The Morgan fingerprint density at radius 2 is 2.19 bits per heavy atom. The van der Waals surface area contributed by atoms with Crippen LogP contribution in [-0.2, 0) is 9.53 Å². The monoisotopic (exact) mass is 217 g/mol. The van der Waals surface area contributed by atoms with Gasteiger partial charge in [0.1, 0.15) is 0 Å². The first kappa shape index (κ1) is 11.8. The molecule has 0 unspecified atom stereocenters. The molecule has 0 heterocycles. The minimum absolute atomic E-state index is 0.359. The van der Waals surface area contributed by atoms with Crippen LogP contribution in [0.2, 0.25) is 0 Å². The maximum Gasteiger partial charge on any atom is 0.338 e. The number of ether oxygens (including phenoxy) is 1. The Labute approximate surface area is 93.4 Å². The summed E-state index contributed by atoms with van der Waals surface area (Å²) >= 11 is 0. The van der Waals surface area contributed by atoms with Gasteiger partial charge in [-0.15, -0.1) is 0 Å². The minimum atomic E-state index is -0.473. The average Bonchev–Trinajstić information content (AvgIpc) is 2.29. The van der Waals surface area contributed by atoms with Crippen molar-refractivity contribution < 1.29 is 14.3 Å². The van der Waals surface area contributed by atoms with E-state index >= 15 is 0 Å². The Morgan fingerprint density at radius 1 is 1.50 bits per heavy atom. The van der Waals surface area contributed by atoms with Crippen molar-refractivity contribution in [2.75, 3.05) is 12.8 Å². The Hall–Kier alpha value is -2.28. The molecule has 4 nitrogen and oxygen atoms in total. The number of aldehydes is 1. The molecule has 0 amide bonds. The molecule has 82 valence electrons. The maximum atomic E-state index is 11.4. The molecule has 2 N–H and O–H groups in total. The molecular formula is C12H11NO3. The smallest absolute Gasteiger partial charge is 0.338 e. The minimum Gasteiger partial charge on any atom is -0.465 e. The quantitative estimate of drug-likeness (QED) is 0.328. The molecule has 0 saturated heterocycles. The lowest BCUT2D eigenvalue weighted by atomic mass is 10.0. The number of benzene rings is 1. The fourth-order valence-electron chi connectivity index (χ4n) is 1.24. The third kappa shape index (κ3) is 2.39. The van der Waals surface area contributed by atoms with Gasteiger partial charge in [0.15, 0.2) is 6.29 Å². The predicted octanol–water partition coefficient (Wildman–Crippen LogP) is 0.914. The van der Waals surface area contributed by atoms with Crippen LogP contribution < -0.4 is 5.73 Å². The van der Waals surface area contributed by atoms with E-state index in [1.54, 1.807) is 19.1 Å². The fourth-order valence-corrected chi connectivity index (χ4v) is 1.24. The highest BCUT2D eigenvalue weighted by Crippen LogP contribution is 2.19. The topological polar surface area (TPSA) is 69.4 Å². The molecule has 1 rings (SSSR count). The molecular weight excluding hydrogens is 206 g/mol. The number of hydrogen-bond acceptors (Lipinski definition) is 4. The van der Waals surface area contributed by atoms with E-state index in [2.05, 4.69) is 16.6 Å². The third-order valence-electron chi connectivity index (χ3n) is 2.13. The number of anilines is 1. The predicted molar refractivity (Wildman–Crippen MR) is 59.9 cm³/mol. The highest BCUT2D eigenvalue weighted by atomic mass is 16.5. The van der Waals surface area contributed by atoms with Crippen LogP contribution in [0.15, 0.2) is 12.1 Å². The van der Waals surface area contributed by atoms with Gasteiger partial charge in [0, 0.05) is 11.3 Å². The van der Waals surface area contributed by atoms with Gasteiger partial charge >= 0.3 is 5.97 Å². The Morgan fingerprint density at radius 3 is 2.75 bits per heavy atom. The van der Waals surface area contributed by atoms with Crippen LogP contribution in [0.25, 0.3) is 0 Å². The van der Waals surface area contributed by atoms with E-state index in [-0.39, 0.29) is 0 Å². The van der Waals surface area contributed by atoms with Crippen molar-refractivity contribution >= 4 is 17.9 Å². The van der Waals surface area contributed by atoms with Crippen molar-refractivity contribution in [3.8, 4) is 11.8 Å². The van der Waals surface area contributed by atoms with E-state index in [1.807, 2.05) is 0 Å². The van der Waals surface area contributed by atoms with Gasteiger partial charge in [0.05, 0.1) is 12.7 Å². The molecule has 0 atom stereocenters. The van der Waals surface area contributed by atoms with E-state index in [0.717, 1.165) is 0 Å². The first-order valence-corrected chi connectivity index (χ1v) is 4.53. The molecule has 0 spiro atoms. The zero-order chi connectivity index (χ0) is 12.1. The number of esters is 1. The lowest BCUT2D eigenvalue weighted by Gasteiger charge is -2.07. The molecule has 1 aromatic carbocycles. The number of hydrogen-bond donors (Lipinski definition) is 1. The van der Waals surface area contributed by atoms with Crippen molar-refractivity contribution in [3.05, 3.63) is 28.8 Å². The van der Waals surface area contributed by atoms with Crippen LogP contribution >= 0.6 is 0 Å². The fraction of sp³-hybridized carbons (Fsp3) is 0.167. The van der Waals surface area contributed by atoms with Crippen molar-refractivity contribution in [2.24, 2.45) is 0 Å². The normalized spacial score (nSPS) is 8.88. The van der Waals surface area contributed by atoms with Gasteiger partial charge in [-0.25, -0.2) is 4.79 Å². The number of nitrogens with two attached hydrogens (primary N) is 1. The summed E-state index contributed by atoms with van der Waals surface area (Å²) in [5, 5.41) is 0. The van der Waals surface area contributed by atoms with Crippen LogP contribution in [-0.4, -0.2) is 19.4 Å². The zero-order valence-electron chi connectivity index (χ0n) is 9.03. The molecule has 0 aliphatic rings. The second-order valence-electron chi connectivity index (χ2n) is 3.12. The molecule has 0 saturated carbocycles. The molecule has 0 aliphatic carbocycles. The molecule has 4 heteroatoms.